The van der Waals surface area contributed by atoms with Crippen molar-refractivity contribution < 1.29 is 26.3 Å². The van der Waals surface area contributed by atoms with Gasteiger partial charge in [-0.3, -0.25) is 0 Å². The standard InChI is InChI=1S/C15H19F3O3S2/c16-15(17,18)11-21-13-3-1-4-14(9-13)22-7-2-8-23(19,20)10-12-5-6-12/h1,3-4,9,12H,2,5-8,10-11H2. The molecule has 1 aromatic carbocycles. The quantitative estimate of drug-likeness (QED) is 0.489. The highest BCUT2D eigenvalue weighted by atomic mass is 32.2. The van der Waals surface area contributed by atoms with E-state index in [1.165, 1.54) is 23.9 Å². The molecule has 0 aliphatic heterocycles. The lowest BCUT2D eigenvalue weighted by Gasteiger charge is -2.10. The van der Waals surface area contributed by atoms with Crippen LogP contribution in [0.4, 0.5) is 13.2 Å². The summed E-state index contributed by atoms with van der Waals surface area (Å²) >= 11 is 1.42. The Morgan fingerprint density at radius 2 is 2.00 bits per heavy atom. The highest BCUT2D eigenvalue weighted by Gasteiger charge is 2.28. The second kappa shape index (κ2) is 7.79. The van der Waals surface area contributed by atoms with Crippen LogP contribution in [0.15, 0.2) is 29.2 Å². The zero-order valence-corrected chi connectivity index (χ0v) is 14.1. The maximum atomic E-state index is 12.1. The monoisotopic (exact) mass is 368 g/mol. The number of sulfone groups is 1. The molecule has 0 radical (unpaired) electrons. The third kappa shape index (κ3) is 7.97. The Morgan fingerprint density at radius 3 is 2.65 bits per heavy atom. The van der Waals surface area contributed by atoms with Gasteiger partial charge in [0.05, 0.1) is 11.5 Å². The van der Waals surface area contributed by atoms with Crippen molar-refractivity contribution >= 4 is 21.6 Å². The van der Waals surface area contributed by atoms with Gasteiger partial charge in [-0.25, -0.2) is 8.42 Å². The van der Waals surface area contributed by atoms with Crippen LogP contribution >= 0.6 is 11.8 Å². The van der Waals surface area contributed by atoms with Gasteiger partial charge in [0, 0.05) is 4.90 Å². The maximum absolute atomic E-state index is 12.1. The van der Waals surface area contributed by atoms with E-state index in [1.807, 2.05) is 0 Å². The fraction of sp³-hybridized carbons (Fsp3) is 0.600. The summed E-state index contributed by atoms with van der Waals surface area (Å²) in [5, 5.41) is 0. The van der Waals surface area contributed by atoms with E-state index in [0.717, 1.165) is 17.7 Å². The molecular formula is C15H19F3O3S2. The van der Waals surface area contributed by atoms with Crippen molar-refractivity contribution in [3.8, 4) is 5.75 Å². The highest BCUT2D eigenvalue weighted by Crippen LogP contribution is 2.31. The summed E-state index contributed by atoms with van der Waals surface area (Å²) in [4.78, 5) is 0.768. The van der Waals surface area contributed by atoms with E-state index >= 15 is 0 Å². The van der Waals surface area contributed by atoms with Crippen molar-refractivity contribution in [2.24, 2.45) is 5.92 Å². The van der Waals surface area contributed by atoms with Crippen LogP contribution in [0.25, 0.3) is 0 Å². The van der Waals surface area contributed by atoms with Crippen molar-refractivity contribution in [3.05, 3.63) is 24.3 Å². The van der Waals surface area contributed by atoms with Gasteiger partial charge in [0.2, 0.25) is 0 Å². The van der Waals surface area contributed by atoms with Gasteiger partial charge in [0.25, 0.3) is 0 Å². The minimum Gasteiger partial charge on any atom is -0.484 e. The van der Waals surface area contributed by atoms with Crippen LogP contribution in [-0.4, -0.2) is 38.5 Å². The van der Waals surface area contributed by atoms with Gasteiger partial charge in [-0.05, 0) is 49.1 Å². The molecule has 0 saturated heterocycles. The lowest BCUT2D eigenvalue weighted by molar-refractivity contribution is -0.153. The summed E-state index contributed by atoms with van der Waals surface area (Å²) in [7, 11) is -2.97. The van der Waals surface area contributed by atoms with E-state index in [9.17, 15) is 21.6 Å². The summed E-state index contributed by atoms with van der Waals surface area (Å²) in [5.74, 6) is 1.58. The summed E-state index contributed by atoms with van der Waals surface area (Å²) in [6.07, 6.45) is -1.80. The van der Waals surface area contributed by atoms with E-state index in [0.29, 0.717) is 23.8 Å². The van der Waals surface area contributed by atoms with Crippen molar-refractivity contribution in [1.29, 1.82) is 0 Å². The van der Waals surface area contributed by atoms with Gasteiger partial charge >= 0.3 is 6.18 Å². The lowest BCUT2D eigenvalue weighted by atomic mass is 10.3. The minimum absolute atomic E-state index is 0.161. The molecule has 0 aromatic heterocycles. The molecule has 0 bridgehead atoms. The smallest absolute Gasteiger partial charge is 0.422 e. The van der Waals surface area contributed by atoms with E-state index in [2.05, 4.69) is 4.74 Å². The Kier molecular flexibility index (Phi) is 6.25. The maximum Gasteiger partial charge on any atom is 0.422 e. The summed E-state index contributed by atoms with van der Waals surface area (Å²) < 4.78 is 64.6. The zero-order chi connectivity index (χ0) is 16.9. The molecule has 1 fully saturated rings. The molecule has 0 N–H and O–H groups in total. The number of thioether (sulfide) groups is 1. The van der Waals surface area contributed by atoms with E-state index < -0.39 is 22.6 Å². The van der Waals surface area contributed by atoms with E-state index in [-0.39, 0.29) is 11.5 Å². The molecule has 1 aromatic rings. The second-order valence-corrected chi connectivity index (χ2v) is 9.04. The van der Waals surface area contributed by atoms with Gasteiger partial charge in [0.1, 0.15) is 5.75 Å². The molecule has 23 heavy (non-hydrogen) atoms. The third-order valence-electron chi connectivity index (χ3n) is 3.26. The SMILES string of the molecule is O=S(=O)(CCCSc1cccc(OCC(F)(F)F)c1)CC1CC1. The molecule has 1 aliphatic carbocycles. The van der Waals surface area contributed by atoms with Crippen LogP contribution in [-0.2, 0) is 9.84 Å². The Bertz CT molecular complexity index is 611. The number of halogens is 3. The molecule has 2 rings (SSSR count). The first kappa shape index (κ1) is 18.4. The number of benzene rings is 1. The largest absolute Gasteiger partial charge is 0.484 e. The summed E-state index contributed by atoms with van der Waals surface area (Å²) in [6.45, 7) is -1.32. The average Bonchev–Trinajstić information content (AvgIpc) is 3.24. The van der Waals surface area contributed by atoms with Crippen LogP contribution in [0, 0.1) is 5.92 Å². The van der Waals surface area contributed by atoms with Crippen LogP contribution in [0.3, 0.4) is 0 Å². The van der Waals surface area contributed by atoms with Gasteiger partial charge < -0.3 is 4.74 Å². The Labute approximate surface area is 138 Å². The molecule has 0 heterocycles. The molecular weight excluding hydrogens is 349 g/mol. The van der Waals surface area contributed by atoms with Crippen LogP contribution in [0.1, 0.15) is 19.3 Å². The van der Waals surface area contributed by atoms with Gasteiger partial charge in [-0.1, -0.05) is 6.07 Å². The summed E-state index contributed by atoms with van der Waals surface area (Å²) in [6, 6.07) is 6.40. The number of hydrogen-bond donors (Lipinski definition) is 0. The number of alkyl halides is 3. The number of ether oxygens (including phenoxy) is 1. The summed E-state index contributed by atoms with van der Waals surface area (Å²) in [5.41, 5.74) is 0. The van der Waals surface area contributed by atoms with Crippen LogP contribution < -0.4 is 4.74 Å². The average molecular weight is 368 g/mol. The predicted octanol–water partition coefficient (Wildman–Crippen LogP) is 3.93. The van der Waals surface area contributed by atoms with E-state index in [1.54, 1.807) is 12.1 Å². The topological polar surface area (TPSA) is 43.4 Å². The van der Waals surface area contributed by atoms with Crippen molar-refractivity contribution in [2.75, 3.05) is 23.9 Å². The number of rotatable bonds is 9. The normalized spacial score (nSPS) is 15.6. The van der Waals surface area contributed by atoms with Gasteiger partial charge in [0.15, 0.2) is 16.4 Å². The first-order valence-corrected chi connectivity index (χ1v) is 10.2. The van der Waals surface area contributed by atoms with Gasteiger partial charge in [-0.2, -0.15) is 13.2 Å². The lowest BCUT2D eigenvalue weighted by Crippen LogP contribution is -2.19. The third-order valence-corrected chi connectivity index (χ3v) is 6.23. The molecule has 130 valence electrons. The highest BCUT2D eigenvalue weighted by molar-refractivity contribution is 7.99. The second-order valence-electron chi connectivity index (χ2n) is 5.64. The molecule has 0 amide bonds. The predicted molar refractivity (Wildman–Crippen MR) is 84.7 cm³/mol. The molecule has 3 nitrogen and oxygen atoms in total. The molecule has 0 spiro atoms. The molecule has 0 atom stereocenters. The molecule has 1 saturated carbocycles. The van der Waals surface area contributed by atoms with E-state index in [4.69, 9.17) is 0 Å². The minimum atomic E-state index is -4.36. The number of hydrogen-bond acceptors (Lipinski definition) is 4. The Morgan fingerprint density at radius 1 is 1.26 bits per heavy atom. The zero-order valence-electron chi connectivity index (χ0n) is 12.5. The van der Waals surface area contributed by atoms with Crippen LogP contribution in [0.5, 0.6) is 5.75 Å². The Hall–Kier alpha value is -0.890. The fourth-order valence-electron chi connectivity index (χ4n) is 2.01. The first-order chi connectivity index (χ1) is 10.7. The van der Waals surface area contributed by atoms with Gasteiger partial charge in [-0.15, -0.1) is 11.8 Å². The molecule has 0 unspecified atom stereocenters. The van der Waals surface area contributed by atoms with Crippen LogP contribution in [0.2, 0.25) is 0 Å². The fourth-order valence-corrected chi connectivity index (χ4v) is 4.90. The van der Waals surface area contributed by atoms with Crippen molar-refractivity contribution in [3.63, 3.8) is 0 Å². The van der Waals surface area contributed by atoms with Crippen molar-refractivity contribution in [1.82, 2.24) is 0 Å². The molecule has 8 heteroatoms. The van der Waals surface area contributed by atoms with Crippen molar-refractivity contribution in [2.45, 2.75) is 30.3 Å². The molecule has 1 aliphatic rings. The first-order valence-electron chi connectivity index (χ1n) is 7.36. The Balaban J connectivity index is 1.72.